The van der Waals surface area contributed by atoms with E-state index in [1.165, 1.54) is 27.4 Å². The molecule has 0 bridgehead atoms. The molecule has 1 fully saturated rings. The molecule has 3 rings (SSSR count). The van der Waals surface area contributed by atoms with Gasteiger partial charge < -0.3 is 24.4 Å². The first-order chi connectivity index (χ1) is 14.5. The number of ether oxygens (including phenoxy) is 3. The first-order valence-electron chi connectivity index (χ1n) is 10.0. The third-order valence-electron chi connectivity index (χ3n) is 5.57. The van der Waals surface area contributed by atoms with Crippen LogP contribution in [0.5, 0.6) is 17.2 Å². The molecule has 6 heteroatoms. The van der Waals surface area contributed by atoms with E-state index in [1.807, 2.05) is 6.07 Å². The number of aliphatic hydroxyl groups is 2. The van der Waals surface area contributed by atoms with Gasteiger partial charge in [-0.3, -0.25) is 4.79 Å². The van der Waals surface area contributed by atoms with Crippen molar-refractivity contribution in [3.05, 3.63) is 58.8 Å². The van der Waals surface area contributed by atoms with Crippen LogP contribution in [0.15, 0.2) is 42.2 Å². The molecule has 0 unspecified atom stereocenters. The van der Waals surface area contributed by atoms with E-state index in [1.54, 1.807) is 30.3 Å². The van der Waals surface area contributed by atoms with Gasteiger partial charge in [-0.2, -0.15) is 0 Å². The lowest BCUT2D eigenvalue weighted by Gasteiger charge is -2.28. The van der Waals surface area contributed by atoms with Crippen LogP contribution in [-0.2, 0) is 0 Å². The van der Waals surface area contributed by atoms with Gasteiger partial charge in [0, 0.05) is 23.1 Å². The highest BCUT2D eigenvalue weighted by molar-refractivity contribution is 6.09. The second kappa shape index (κ2) is 9.67. The number of hydrogen-bond acceptors (Lipinski definition) is 6. The van der Waals surface area contributed by atoms with Gasteiger partial charge in [0.15, 0.2) is 17.3 Å². The Morgan fingerprint density at radius 2 is 1.63 bits per heavy atom. The molecule has 0 aromatic heterocycles. The molecule has 2 aromatic carbocycles. The standard InChI is InChI=1S/C24H28O6/c1-28-21-14-23(30-3)22(29-2)13-17(21)12-20(26)24(27)16-8-6-7-15(11-16)18-9-4-5-10-19(18)25/h6-8,11-14,18-19,25-26H,4-5,9-10H2,1-3H3/t18-,19+/m0/s1. The van der Waals surface area contributed by atoms with E-state index >= 15 is 0 Å². The highest BCUT2D eigenvalue weighted by atomic mass is 16.5. The summed E-state index contributed by atoms with van der Waals surface area (Å²) in [5, 5.41) is 20.8. The van der Waals surface area contributed by atoms with Crippen molar-refractivity contribution in [3.63, 3.8) is 0 Å². The van der Waals surface area contributed by atoms with Gasteiger partial charge in [0.25, 0.3) is 0 Å². The van der Waals surface area contributed by atoms with Crippen molar-refractivity contribution in [1.29, 1.82) is 0 Å². The molecule has 1 aliphatic carbocycles. The van der Waals surface area contributed by atoms with Crippen molar-refractivity contribution in [1.82, 2.24) is 0 Å². The Morgan fingerprint density at radius 1 is 0.967 bits per heavy atom. The minimum atomic E-state index is -0.501. The van der Waals surface area contributed by atoms with E-state index < -0.39 is 17.6 Å². The zero-order chi connectivity index (χ0) is 21.7. The van der Waals surface area contributed by atoms with E-state index in [4.69, 9.17) is 14.2 Å². The number of hydrogen-bond donors (Lipinski definition) is 2. The minimum absolute atomic E-state index is 0.0172. The van der Waals surface area contributed by atoms with Crippen LogP contribution >= 0.6 is 0 Å². The SMILES string of the molecule is COc1cc(OC)c(OC)cc1C=C(O)C(=O)c1cccc([C@@H]2CCCC[C@H]2O)c1. The van der Waals surface area contributed by atoms with Crippen LogP contribution in [0, 0.1) is 0 Å². The number of Topliss-reactive ketones (excluding diaryl/α,β-unsaturated/α-hetero) is 1. The van der Waals surface area contributed by atoms with E-state index in [9.17, 15) is 15.0 Å². The molecule has 1 aliphatic rings. The van der Waals surface area contributed by atoms with Gasteiger partial charge in [-0.05, 0) is 36.6 Å². The van der Waals surface area contributed by atoms with Gasteiger partial charge in [0.1, 0.15) is 5.75 Å². The molecule has 0 saturated heterocycles. The molecule has 30 heavy (non-hydrogen) atoms. The predicted octanol–water partition coefficient (Wildman–Crippen LogP) is 4.51. The van der Waals surface area contributed by atoms with Gasteiger partial charge >= 0.3 is 0 Å². The first-order valence-corrected chi connectivity index (χ1v) is 10.0. The first kappa shape index (κ1) is 21.7. The lowest BCUT2D eigenvalue weighted by atomic mass is 9.81. The van der Waals surface area contributed by atoms with Gasteiger partial charge in [0.05, 0.1) is 27.4 Å². The highest BCUT2D eigenvalue weighted by Crippen LogP contribution is 2.36. The molecule has 1 saturated carbocycles. The van der Waals surface area contributed by atoms with E-state index in [-0.39, 0.29) is 5.92 Å². The molecule has 0 radical (unpaired) electrons. The van der Waals surface area contributed by atoms with Gasteiger partial charge in [-0.25, -0.2) is 0 Å². The Balaban J connectivity index is 1.90. The maximum absolute atomic E-state index is 12.9. The maximum Gasteiger partial charge on any atom is 0.227 e. The summed E-state index contributed by atoms with van der Waals surface area (Å²) < 4.78 is 15.9. The summed E-state index contributed by atoms with van der Waals surface area (Å²) in [5.41, 5.74) is 1.78. The summed E-state index contributed by atoms with van der Waals surface area (Å²) in [4.78, 5) is 12.9. The van der Waals surface area contributed by atoms with Crippen molar-refractivity contribution >= 4 is 11.9 Å². The Kier molecular flexibility index (Phi) is 7.00. The van der Waals surface area contributed by atoms with Crippen LogP contribution < -0.4 is 14.2 Å². The largest absolute Gasteiger partial charge is 0.504 e. The average molecular weight is 412 g/mol. The van der Waals surface area contributed by atoms with Crippen LogP contribution in [0.3, 0.4) is 0 Å². The number of aliphatic hydroxyl groups excluding tert-OH is 2. The summed E-state index contributed by atoms with van der Waals surface area (Å²) in [5.74, 6) is 0.477. The normalized spacial score (nSPS) is 19.3. The topological polar surface area (TPSA) is 85.2 Å². The van der Waals surface area contributed by atoms with E-state index in [2.05, 4.69) is 0 Å². The molecule has 160 valence electrons. The molecule has 0 heterocycles. The zero-order valence-corrected chi connectivity index (χ0v) is 17.6. The third kappa shape index (κ3) is 4.60. The molecule has 0 spiro atoms. The zero-order valence-electron chi connectivity index (χ0n) is 17.6. The number of ketones is 1. The molecule has 0 amide bonds. The van der Waals surface area contributed by atoms with Crippen LogP contribution in [0.4, 0.5) is 0 Å². The maximum atomic E-state index is 12.9. The van der Waals surface area contributed by atoms with Crippen LogP contribution in [0.1, 0.15) is 53.1 Å². The summed E-state index contributed by atoms with van der Waals surface area (Å²) in [7, 11) is 4.52. The summed E-state index contributed by atoms with van der Waals surface area (Å²) in [6, 6.07) is 10.4. The van der Waals surface area contributed by atoms with Crippen LogP contribution in [0.2, 0.25) is 0 Å². The van der Waals surface area contributed by atoms with Gasteiger partial charge in [-0.15, -0.1) is 0 Å². The number of allylic oxidation sites excluding steroid dienone is 1. The van der Waals surface area contributed by atoms with Crippen molar-refractivity contribution in [2.45, 2.75) is 37.7 Å². The highest BCUT2D eigenvalue weighted by Gasteiger charge is 2.25. The number of rotatable bonds is 7. The van der Waals surface area contributed by atoms with Crippen LogP contribution in [0.25, 0.3) is 6.08 Å². The third-order valence-corrected chi connectivity index (χ3v) is 5.57. The van der Waals surface area contributed by atoms with Crippen LogP contribution in [-0.4, -0.2) is 43.4 Å². The van der Waals surface area contributed by atoms with Crippen molar-refractivity contribution in [2.75, 3.05) is 21.3 Å². The van der Waals surface area contributed by atoms with Gasteiger partial charge in [-0.1, -0.05) is 31.0 Å². The number of benzene rings is 2. The van der Waals surface area contributed by atoms with Crippen molar-refractivity contribution in [2.24, 2.45) is 0 Å². The van der Waals surface area contributed by atoms with E-state index in [0.717, 1.165) is 31.2 Å². The lowest BCUT2D eigenvalue weighted by molar-refractivity contribution is 0.0976. The van der Waals surface area contributed by atoms with Crippen molar-refractivity contribution < 1.29 is 29.2 Å². The summed E-state index contributed by atoms with van der Waals surface area (Å²) >= 11 is 0. The Hall–Kier alpha value is -2.99. The number of carbonyl (C=O) groups is 1. The Labute approximate surface area is 176 Å². The number of carbonyl (C=O) groups excluding carboxylic acids is 1. The molecule has 2 aromatic rings. The fourth-order valence-corrected chi connectivity index (χ4v) is 3.94. The monoisotopic (exact) mass is 412 g/mol. The summed E-state index contributed by atoms with van der Waals surface area (Å²) in [6.07, 6.45) is 4.70. The quantitative estimate of drug-likeness (QED) is 0.395. The molecular weight excluding hydrogens is 384 g/mol. The fraction of sp³-hybridized carbons (Fsp3) is 0.375. The molecular formula is C24H28O6. The Bertz CT molecular complexity index is 933. The van der Waals surface area contributed by atoms with Crippen molar-refractivity contribution in [3.8, 4) is 17.2 Å². The smallest absolute Gasteiger partial charge is 0.227 e. The molecule has 6 nitrogen and oxygen atoms in total. The second-order valence-corrected chi connectivity index (χ2v) is 7.39. The number of methoxy groups -OCH3 is 3. The average Bonchev–Trinajstić information content (AvgIpc) is 2.78. The summed E-state index contributed by atoms with van der Waals surface area (Å²) in [6.45, 7) is 0. The predicted molar refractivity (Wildman–Crippen MR) is 115 cm³/mol. The molecule has 2 N–H and O–H groups in total. The fourth-order valence-electron chi connectivity index (χ4n) is 3.94. The lowest BCUT2D eigenvalue weighted by Crippen LogP contribution is -2.22. The van der Waals surface area contributed by atoms with Gasteiger partial charge in [0.2, 0.25) is 5.78 Å². The second-order valence-electron chi connectivity index (χ2n) is 7.39. The minimum Gasteiger partial charge on any atom is -0.504 e. The Morgan fingerprint density at radius 3 is 2.30 bits per heavy atom. The molecule has 0 aliphatic heterocycles. The van der Waals surface area contributed by atoms with E-state index in [0.29, 0.717) is 28.4 Å². The molecule has 2 atom stereocenters.